The molecule has 0 bridgehead atoms. The van der Waals surface area contributed by atoms with Gasteiger partial charge in [0.05, 0.1) is 0 Å². The van der Waals surface area contributed by atoms with Crippen LogP contribution in [0.5, 0.6) is 0 Å². The summed E-state index contributed by atoms with van der Waals surface area (Å²) >= 11 is 0. The first-order valence-electron chi connectivity index (χ1n) is 8.67. The highest BCUT2D eigenvalue weighted by molar-refractivity contribution is 5.19. The van der Waals surface area contributed by atoms with E-state index in [1.54, 1.807) is 0 Å². The van der Waals surface area contributed by atoms with E-state index in [9.17, 15) is 0 Å². The van der Waals surface area contributed by atoms with Crippen LogP contribution in [-0.2, 0) is 0 Å². The van der Waals surface area contributed by atoms with Crippen molar-refractivity contribution in [2.24, 2.45) is 11.8 Å². The fraction of sp³-hybridized carbons (Fsp3) is 0.684. The maximum absolute atomic E-state index is 3.81. The van der Waals surface area contributed by atoms with Crippen molar-refractivity contribution in [3.05, 3.63) is 35.9 Å². The van der Waals surface area contributed by atoms with Crippen LogP contribution in [0, 0.1) is 11.8 Å². The molecule has 2 fully saturated rings. The zero-order valence-corrected chi connectivity index (χ0v) is 13.8. The SMILES string of the molecule is CC(CN1CC(C2CC2)NCC1C(C)C)c1ccccc1. The molecule has 0 aromatic heterocycles. The third-order valence-corrected chi connectivity index (χ3v) is 5.33. The van der Waals surface area contributed by atoms with Gasteiger partial charge in [0.1, 0.15) is 0 Å². The molecule has 21 heavy (non-hydrogen) atoms. The molecule has 3 rings (SSSR count). The van der Waals surface area contributed by atoms with Gasteiger partial charge in [-0.2, -0.15) is 0 Å². The van der Waals surface area contributed by atoms with Gasteiger partial charge in [-0.05, 0) is 36.2 Å². The van der Waals surface area contributed by atoms with E-state index >= 15 is 0 Å². The number of rotatable bonds is 5. The summed E-state index contributed by atoms with van der Waals surface area (Å²) in [6.45, 7) is 10.7. The van der Waals surface area contributed by atoms with E-state index in [1.807, 2.05) is 0 Å². The molecule has 0 amide bonds. The van der Waals surface area contributed by atoms with Crippen molar-refractivity contribution in [1.82, 2.24) is 10.2 Å². The number of benzene rings is 1. The maximum Gasteiger partial charge on any atom is 0.0244 e. The third-order valence-electron chi connectivity index (χ3n) is 5.33. The van der Waals surface area contributed by atoms with Crippen molar-refractivity contribution >= 4 is 0 Å². The van der Waals surface area contributed by atoms with E-state index in [4.69, 9.17) is 0 Å². The van der Waals surface area contributed by atoms with Crippen LogP contribution in [0.3, 0.4) is 0 Å². The molecular formula is C19H30N2. The monoisotopic (exact) mass is 286 g/mol. The van der Waals surface area contributed by atoms with Crippen molar-refractivity contribution in [3.8, 4) is 0 Å². The number of nitrogens with one attached hydrogen (secondary N) is 1. The van der Waals surface area contributed by atoms with Crippen LogP contribution >= 0.6 is 0 Å². The predicted octanol–water partition coefficient (Wildman–Crippen LogP) is 3.50. The van der Waals surface area contributed by atoms with E-state index in [0.29, 0.717) is 12.0 Å². The van der Waals surface area contributed by atoms with E-state index in [1.165, 1.54) is 38.0 Å². The van der Waals surface area contributed by atoms with Gasteiger partial charge in [-0.15, -0.1) is 0 Å². The predicted molar refractivity (Wildman–Crippen MR) is 89.6 cm³/mol. The summed E-state index contributed by atoms with van der Waals surface area (Å²) in [5.41, 5.74) is 1.47. The average Bonchev–Trinajstić information content (AvgIpc) is 3.32. The highest BCUT2D eigenvalue weighted by Gasteiger charge is 2.38. The lowest BCUT2D eigenvalue weighted by molar-refractivity contribution is 0.0873. The first kappa shape index (κ1) is 15.1. The van der Waals surface area contributed by atoms with Crippen LogP contribution in [0.15, 0.2) is 30.3 Å². The Bertz CT molecular complexity index is 438. The second kappa shape index (κ2) is 6.50. The molecule has 2 aliphatic rings. The zero-order chi connectivity index (χ0) is 14.8. The quantitative estimate of drug-likeness (QED) is 0.891. The topological polar surface area (TPSA) is 15.3 Å². The number of piperazine rings is 1. The molecule has 1 N–H and O–H groups in total. The summed E-state index contributed by atoms with van der Waals surface area (Å²) in [6.07, 6.45) is 2.87. The summed E-state index contributed by atoms with van der Waals surface area (Å²) in [6, 6.07) is 12.4. The van der Waals surface area contributed by atoms with Gasteiger partial charge in [0.25, 0.3) is 0 Å². The lowest BCUT2D eigenvalue weighted by atomic mass is 9.93. The van der Waals surface area contributed by atoms with Gasteiger partial charge in [0.15, 0.2) is 0 Å². The van der Waals surface area contributed by atoms with E-state index < -0.39 is 0 Å². The summed E-state index contributed by atoms with van der Waals surface area (Å²) in [4.78, 5) is 2.77. The molecule has 2 nitrogen and oxygen atoms in total. The van der Waals surface area contributed by atoms with Crippen LogP contribution in [0.25, 0.3) is 0 Å². The summed E-state index contributed by atoms with van der Waals surface area (Å²) in [5.74, 6) is 2.29. The molecular weight excluding hydrogens is 256 g/mol. The highest BCUT2D eigenvalue weighted by Crippen LogP contribution is 2.35. The third kappa shape index (κ3) is 3.67. The highest BCUT2D eigenvalue weighted by atomic mass is 15.2. The first-order chi connectivity index (χ1) is 10.1. The maximum atomic E-state index is 3.81. The van der Waals surface area contributed by atoms with Crippen molar-refractivity contribution < 1.29 is 0 Å². The molecule has 1 saturated carbocycles. The largest absolute Gasteiger partial charge is 0.311 e. The summed E-state index contributed by atoms with van der Waals surface area (Å²) in [5, 5.41) is 3.81. The van der Waals surface area contributed by atoms with E-state index in [2.05, 4.69) is 61.3 Å². The van der Waals surface area contributed by atoms with Crippen molar-refractivity contribution in [2.45, 2.75) is 51.6 Å². The molecule has 3 unspecified atom stereocenters. The Morgan fingerprint density at radius 2 is 1.86 bits per heavy atom. The van der Waals surface area contributed by atoms with Crippen molar-refractivity contribution in [1.29, 1.82) is 0 Å². The minimum Gasteiger partial charge on any atom is -0.311 e. The molecule has 116 valence electrons. The molecule has 1 aliphatic carbocycles. The van der Waals surface area contributed by atoms with Crippen molar-refractivity contribution in [2.75, 3.05) is 19.6 Å². The Labute approximate surface area is 129 Å². The van der Waals surface area contributed by atoms with Crippen LogP contribution < -0.4 is 5.32 Å². The molecule has 1 saturated heterocycles. The molecule has 3 atom stereocenters. The second-order valence-corrected chi connectivity index (χ2v) is 7.43. The van der Waals surface area contributed by atoms with Crippen LogP contribution in [0.4, 0.5) is 0 Å². The molecule has 1 aliphatic heterocycles. The molecule has 1 heterocycles. The van der Waals surface area contributed by atoms with Gasteiger partial charge in [0.2, 0.25) is 0 Å². The average molecular weight is 286 g/mol. The van der Waals surface area contributed by atoms with Gasteiger partial charge in [-0.3, -0.25) is 4.90 Å². The Morgan fingerprint density at radius 3 is 2.48 bits per heavy atom. The molecule has 1 aromatic rings. The fourth-order valence-electron chi connectivity index (χ4n) is 3.77. The Kier molecular flexibility index (Phi) is 4.66. The zero-order valence-electron chi connectivity index (χ0n) is 13.8. The smallest absolute Gasteiger partial charge is 0.0244 e. The van der Waals surface area contributed by atoms with E-state index in [0.717, 1.165) is 17.9 Å². The standard InChI is InChI=1S/C19H30N2/c1-14(2)19-11-20-18(17-9-10-17)13-21(19)12-15(3)16-7-5-4-6-8-16/h4-8,14-15,17-20H,9-13H2,1-3H3. The van der Waals surface area contributed by atoms with E-state index in [-0.39, 0.29) is 0 Å². The summed E-state index contributed by atoms with van der Waals surface area (Å²) < 4.78 is 0. The molecule has 2 heteroatoms. The van der Waals surface area contributed by atoms with Crippen LogP contribution in [-0.4, -0.2) is 36.6 Å². The molecule has 0 spiro atoms. The molecule has 0 radical (unpaired) electrons. The number of nitrogens with zero attached hydrogens (tertiary/aromatic N) is 1. The minimum atomic E-state index is 0.616. The Hall–Kier alpha value is -0.860. The van der Waals surface area contributed by atoms with Crippen LogP contribution in [0.1, 0.15) is 45.1 Å². The summed E-state index contributed by atoms with van der Waals surface area (Å²) in [7, 11) is 0. The van der Waals surface area contributed by atoms with Gasteiger partial charge in [-0.25, -0.2) is 0 Å². The number of hydrogen-bond donors (Lipinski definition) is 1. The fourth-order valence-corrected chi connectivity index (χ4v) is 3.77. The second-order valence-electron chi connectivity index (χ2n) is 7.43. The first-order valence-corrected chi connectivity index (χ1v) is 8.67. The van der Waals surface area contributed by atoms with Gasteiger partial charge in [-0.1, -0.05) is 51.1 Å². The Morgan fingerprint density at radius 1 is 1.14 bits per heavy atom. The lowest BCUT2D eigenvalue weighted by Crippen LogP contribution is -2.59. The lowest BCUT2D eigenvalue weighted by Gasteiger charge is -2.43. The van der Waals surface area contributed by atoms with Crippen LogP contribution in [0.2, 0.25) is 0 Å². The Balaban J connectivity index is 1.66. The number of hydrogen-bond acceptors (Lipinski definition) is 2. The minimum absolute atomic E-state index is 0.616. The molecule has 1 aromatic carbocycles. The van der Waals surface area contributed by atoms with Crippen molar-refractivity contribution in [3.63, 3.8) is 0 Å². The normalized spacial score (nSPS) is 28.8. The van der Waals surface area contributed by atoms with Gasteiger partial charge >= 0.3 is 0 Å². The van der Waals surface area contributed by atoms with Gasteiger partial charge < -0.3 is 5.32 Å². The van der Waals surface area contributed by atoms with Gasteiger partial charge in [0, 0.05) is 31.7 Å².